The van der Waals surface area contributed by atoms with Crippen molar-refractivity contribution in [1.82, 2.24) is 10.2 Å². The molecule has 2 aliphatic heterocycles. The average molecular weight is 393 g/mol. The monoisotopic (exact) mass is 393 g/mol. The Balaban J connectivity index is 1.81. The quantitative estimate of drug-likeness (QED) is 0.685. The summed E-state index contributed by atoms with van der Waals surface area (Å²) in [5.74, 6) is 0.415. The number of benzene rings is 2. The SMILES string of the molecule is COc1cc(C2c3c(ccc4cn[nH]c34)N=C3COC(=O)C32)cc(OC)c1OC. The topological polar surface area (TPSA) is 95.0 Å². The van der Waals surface area contributed by atoms with Crippen molar-refractivity contribution in [1.29, 1.82) is 0 Å². The Morgan fingerprint density at radius 2 is 1.83 bits per heavy atom. The van der Waals surface area contributed by atoms with Gasteiger partial charge in [-0.25, -0.2) is 0 Å². The van der Waals surface area contributed by atoms with Crippen LogP contribution in [0.1, 0.15) is 17.0 Å². The van der Waals surface area contributed by atoms with E-state index in [1.54, 1.807) is 27.5 Å². The van der Waals surface area contributed by atoms with Crippen molar-refractivity contribution in [2.75, 3.05) is 27.9 Å². The highest BCUT2D eigenvalue weighted by molar-refractivity contribution is 6.12. The van der Waals surface area contributed by atoms with Crippen LogP contribution in [0.3, 0.4) is 0 Å². The molecule has 1 saturated heterocycles. The van der Waals surface area contributed by atoms with Crippen molar-refractivity contribution < 1.29 is 23.7 Å². The molecule has 0 bridgehead atoms. The van der Waals surface area contributed by atoms with Gasteiger partial charge in [0.25, 0.3) is 0 Å². The molecular formula is C21H19N3O5. The molecule has 0 spiro atoms. The largest absolute Gasteiger partial charge is 0.493 e. The highest BCUT2D eigenvalue weighted by Gasteiger charge is 2.46. The van der Waals surface area contributed by atoms with Crippen LogP contribution in [0, 0.1) is 5.92 Å². The molecule has 2 aromatic carbocycles. The summed E-state index contributed by atoms with van der Waals surface area (Å²) in [6.45, 7) is 0.199. The number of H-pyrrole nitrogens is 1. The highest BCUT2D eigenvalue weighted by Crippen LogP contribution is 2.50. The fraction of sp³-hybridized carbons (Fsp3) is 0.286. The minimum atomic E-state index is -0.515. The molecule has 5 rings (SSSR count). The number of nitrogens with zero attached hydrogens (tertiary/aromatic N) is 2. The molecule has 3 aromatic rings. The minimum Gasteiger partial charge on any atom is -0.493 e. The number of hydrogen-bond acceptors (Lipinski definition) is 7. The lowest BCUT2D eigenvalue weighted by Crippen LogP contribution is -2.28. The van der Waals surface area contributed by atoms with Crippen LogP contribution in [0.15, 0.2) is 35.5 Å². The number of nitrogens with one attached hydrogen (secondary N) is 1. The van der Waals surface area contributed by atoms with Crippen LogP contribution in [0.2, 0.25) is 0 Å². The van der Waals surface area contributed by atoms with Gasteiger partial charge in [-0.15, -0.1) is 0 Å². The second-order valence-electron chi connectivity index (χ2n) is 6.96. The number of aromatic nitrogens is 2. The van der Waals surface area contributed by atoms with Crippen LogP contribution in [0.4, 0.5) is 5.69 Å². The number of fused-ring (bicyclic) bond motifs is 4. The van der Waals surface area contributed by atoms with Gasteiger partial charge in [-0.2, -0.15) is 5.10 Å². The van der Waals surface area contributed by atoms with Gasteiger partial charge < -0.3 is 18.9 Å². The third-order valence-corrected chi connectivity index (χ3v) is 5.56. The van der Waals surface area contributed by atoms with Gasteiger partial charge in [-0.1, -0.05) is 0 Å². The Morgan fingerprint density at radius 1 is 1.07 bits per heavy atom. The summed E-state index contributed by atoms with van der Waals surface area (Å²) in [5, 5.41) is 8.19. The minimum absolute atomic E-state index is 0.199. The van der Waals surface area contributed by atoms with Gasteiger partial charge in [-0.3, -0.25) is 14.9 Å². The first-order chi connectivity index (χ1) is 14.2. The van der Waals surface area contributed by atoms with E-state index >= 15 is 0 Å². The average Bonchev–Trinajstić information content (AvgIpc) is 3.37. The molecule has 1 aromatic heterocycles. The first kappa shape index (κ1) is 17.5. The third kappa shape index (κ3) is 2.48. The Bertz CT molecular complexity index is 1140. The fourth-order valence-electron chi connectivity index (χ4n) is 4.29. The van der Waals surface area contributed by atoms with Gasteiger partial charge in [-0.05, 0) is 29.8 Å². The van der Waals surface area contributed by atoms with E-state index in [-0.39, 0.29) is 18.5 Å². The summed E-state index contributed by atoms with van der Waals surface area (Å²) < 4.78 is 21.9. The maximum absolute atomic E-state index is 12.7. The van der Waals surface area contributed by atoms with E-state index in [0.717, 1.165) is 33.4 Å². The third-order valence-electron chi connectivity index (χ3n) is 5.56. The zero-order valence-electron chi connectivity index (χ0n) is 16.2. The van der Waals surface area contributed by atoms with Crippen molar-refractivity contribution >= 4 is 28.3 Å². The lowest BCUT2D eigenvalue weighted by Gasteiger charge is -2.29. The Labute approximate surface area is 166 Å². The van der Waals surface area contributed by atoms with E-state index in [0.29, 0.717) is 17.2 Å². The summed E-state index contributed by atoms with van der Waals surface area (Å²) in [4.78, 5) is 17.4. The molecule has 2 atom stereocenters. The Morgan fingerprint density at radius 3 is 2.52 bits per heavy atom. The number of rotatable bonds is 4. The first-order valence-corrected chi connectivity index (χ1v) is 9.16. The molecule has 0 amide bonds. The maximum atomic E-state index is 12.7. The molecule has 148 valence electrons. The summed E-state index contributed by atoms with van der Waals surface area (Å²) in [5.41, 5.74) is 4.12. The number of ether oxygens (including phenoxy) is 4. The summed E-state index contributed by atoms with van der Waals surface area (Å²) >= 11 is 0. The molecular weight excluding hydrogens is 374 g/mol. The molecule has 1 fully saturated rings. The molecule has 8 nitrogen and oxygen atoms in total. The van der Waals surface area contributed by atoms with Crippen molar-refractivity contribution in [3.05, 3.63) is 41.6 Å². The normalized spacial score (nSPS) is 20.0. The molecule has 8 heteroatoms. The standard InChI is InChI=1S/C21H19N3O5/c1-26-14-6-11(7-15(27-2)20(14)28-3)16-17-12(5-4-10-8-22-24-19(10)17)23-13-9-29-21(25)18(13)16/h4-8,16,18H,9H2,1-3H3,(H,22,24). The van der Waals surface area contributed by atoms with Crippen LogP contribution in [-0.4, -0.2) is 49.8 Å². The van der Waals surface area contributed by atoms with E-state index < -0.39 is 5.92 Å². The number of aromatic amines is 1. The van der Waals surface area contributed by atoms with E-state index in [1.807, 2.05) is 24.3 Å². The van der Waals surface area contributed by atoms with Gasteiger partial charge in [0.2, 0.25) is 5.75 Å². The van der Waals surface area contributed by atoms with Gasteiger partial charge in [0.15, 0.2) is 11.5 Å². The van der Waals surface area contributed by atoms with E-state index in [1.165, 1.54) is 0 Å². The predicted molar refractivity (Wildman–Crippen MR) is 106 cm³/mol. The second kappa shape index (κ2) is 6.51. The van der Waals surface area contributed by atoms with Crippen molar-refractivity contribution in [2.45, 2.75) is 5.92 Å². The summed E-state index contributed by atoms with van der Waals surface area (Å²) in [6.07, 6.45) is 1.76. The number of carbonyl (C=O) groups is 1. The molecule has 0 radical (unpaired) electrons. The number of cyclic esters (lactones) is 1. The lowest BCUT2D eigenvalue weighted by molar-refractivity contribution is -0.141. The van der Waals surface area contributed by atoms with Gasteiger partial charge in [0.1, 0.15) is 12.5 Å². The molecule has 2 aliphatic rings. The van der Waals surface area contributed by atoms with Crippen molar-refractivity contribution in [3.8, 4) is 17.2 Å². The molecule has 0 aliphatic carbocycles. The van der Waals surface area contributed by atoms with Gasteiger partial charge >= 0.3 is 5.97 Å². The van der Waals surface area contributed by atoms with Crippen LogP contribution in [-0.2, 0) is 9.53 Å². The molecule has 0 saturated carbocycles. The van der Waals surface area contributed by atoms with Crippen LogP contribution < -0.4 is 14.2 Å². The first-order valence-electron chi connectivity index (χ1n) is 9.16. The Hall–Kier alpha value is -3.55. The number of aliphatic imine (C=N–C) groups is 1. The van der Waals surface area contributed by atoms with Crippen LogP contribution >= 0.6 is 0 Å². The van der Waals surface area contributed by atoms with E-state index in [9.17, 15) is 4.79 Å². The van der Waals surface area contributed by atoms with Gasteiger partial charge in [0.05, 0.1) is 44.4 Å². The molecule has 3 heterocycles. The number of methoxy groups -OCH3 is 3. The van der Waals surface area contributed by atoms with Crippen LogP contribution in [0.5, 0.6) is 17.2 Å². The number of hydrogen-bond donors (Lipinski definition) is 1. The van der Waals surface area contributed by atoms with E-state index in [4.69, 9.17) is 23.9 Å². The van der Waals surface area contributed by atoms with E-state index in [2.05, 4.69) is 10.2 Å². The smallest absolute Gasteiger partial charge is 0.316 e. The summed E-state index contributed by atoms with van der Waals surface area (Å²) in [6, 6.07) is 7.66. The fourth-order valence-corrected chi connectivity index (χ4v) is 4.29. The number of esters is 1. The second-order valence-corrected chi connectivity index (χ2v) is 6.96. The zero-order valence-corrected chi connectivity index (χ0v) is 16.2. The van der Waals surface area contributed by atoms with Gasteiger partial charge in [0, 0.05) is 16.9 Å². The van der Waals surface area contributed by atoms with Crippen molar-refractivity contribution in [2.24, 2.45) is 10.9 Å². The van der Waals surface area contributed by atoms with Crippen molar-refractivity contribution in [3.63, 3.8) is 0 Å². The Kier molecular flexibility index (Phi) is 3.94. The molecule has 2 unspecified atom stereocenters. The predicted octanol–water partition coefficient (Wildman–Crippen LogP) is 2.98. The number of carbonyl (C=O) groups excluding carboxylic acids is 1. The highest BCUT2D eigenvalue weighted by atomic mass is 16.5. The zero-order chi connectivity index (χ0) is 20.1. The summed E-state index contributed by atoms with van der Waals surface area (Å²) in [7, 11) is 4.70. The molecule has 29 heavy (non-hydrogen) atoms. The molecule has 1 N–H and O–H groups in total. The van der Waals surface area contributed by atoms with Crippen LogP contribution in [0.25, 0.3) is 10.9 Å². The lowest BCUT2D eigenvalue weighted by atomic mass is 9.76. The maximum Gasteiger partial charge on any atom is 0.316 e.